The molecule has 3 atom stereocenters. The van der Waals surface area contributed by atoms with Crippen LogP contribution in [0.2, 0.25) is 0 Å². The van der Waals surface area contributed by atoms with Gasteiger partial charge in [0.1, 0.15) is 17.0 Å². The molecule has 0 bridgehead atoms. The van der Waals surface area contributed by atoms with E-state index in [1.807, 2.05) is 75.2 Å². The Bertz CT molecular complexity index is 877. The average molecular weight is 521 g/mol. The Morgan fingerprint density at radius 1 is 0.917 bits per heavy atom. The molecule has 0 radical (unpaired) electrons. The lowest BCUT2D eigenvalue weighted by Crippen LogP contribution is -2.68. The van der Waals surface area contributed by atoms with Gasteiger partial charge in [0.25, 0.3) is 0 Å². The SMILES string of the molecule is COc1ccc(CSCC[C@@H]2CN(C(=O)OC(C)(C)C)[C@H]3CCCC[C@@H]3N2C(=O)OC(C)(C)C)cc1. The lowest BCUT2D eigenvalue weighted by Gasteiger charge is -2.53. The number of amides is 2. The van der Waals surface area contributed by atoms with Crippen LogP contribution >= 0.6 is 11.8 Å². The molecule has 1 aromatic carbocycles. The minimum atomic E-state index is -0.572. The van der Waals surface area contributed by atoms with Crippen LogP contribution in [0.25, 0.3) is 0 Å². The Kier molecular flexibility index (Phi) is 9.47. The van der Waals surface area contributed by atoms with Crippen molar-refractivity contribution >= 4 is 23.9 Å². The number of fused-ring (bicyclic) bond motifs is 1. The van der Waals surface area contributed by atoms with E-state index in [0.29, 0.717) is 6.54 Å². The summed E-state index contributed by atoms with van der Waals surface area (Å²) in [6, 6.07) is 7.91. The Balaban J connectivity index is 1.75. The van der Waals surface area contributed by atoms with Gasteiger partial charge in [-0.1, -0.05) is 25.0 Å². The third kappa shape index (κ3) is 7.95. The van der Waals surface area contributed by atoms with E-state index in [4.69, 9.17) is 14.2 Å². The minimum absolute atomic E-state index is 0.0377. The molecule has 1 aliphatic heterocycles. The van der Waals surface area contributed by atoms with Gasteiger partial charge in [-0.25, -0.2) is 9.59 Å². The van der Waals surface area contributed by atoms with E-state index in [9.17, 15) is 9.59 Å². The number of carbonyl (C=O) groups excluding carboxylic acids is 2. The lowest BCUT2D eigenvalue weighted by molar-refractivity contribution is -0.0629. The molecule has 8 heteroatoms. The van der Waals surface area contributed by atoms with Gasteiger partial charge in [-0.2, -0.15) is 11.8 Å². The number of rotatable bonds is 6. The number of carbonyl (C=O) groups is 2. The van der Waals surface area contributed by atoms with E-state index < -0.39 is 11.2 Å². The molecule has 2 fully saturated rings. The number of hydrogen-bond acceptors (Lipinski definition) is 6. The predicted molar refractivity (Wildman–Crippen MR) is 145 cm³/mol. The molecule has 1 aromatic rings. The molecule has 3 rings (SSSR count). The number of benzene rings is 1. The fourth-order valence-electron chi connectivity index (χ4n) is 4.99. The quantitative estimate of drug-likeness (QED) is 0.400. The lowest BCUT2D eigenvalue weighted by atomic mass is 9.84. The van der Waals surface area contributed by atoms with Gasteiger partial charge in [0.05, 0.1) is 25.2 Å². The highest BCUT2D eigenvalue weighted by Gasteiger charge is 2.48. The van der Waals surface area contributed by atoms with Crippen LogP contribution in [0.1, 0.15) is 79.2 Å². The molecule has 36 heavy (non-hydrogen) atoms. The number of hydrogen-bond donors (Lipinski definition) is 0. The molecule has 2 aliphatic rings. The monoisotopic (exact) mass is 520 g/mol. The summed E-state index contributed by atoms with van der Waals surface area (Å²) in [7, 11) is 1.67. The van der Waals surface area contributed by atoms with Crippen molar-refractivity contribution in [1.82, 2.24) is 9.80 Å². The summed E-state index contributed by atoms with van der Waals surface area (Å²) >= 11 is 1.84. The highest BCUT2D eigenvalue weighted by atomic mass is 32.2. The molecule has 1 saturated carbocycles. The molecule has 1 heterocycles. The van der Waals surface area contributed by atoms with E-state index in [0.717, 1.165) is 49.4 Å². The van der Waals surface area contributed by atoms with Crippen molar-refractivity contribution in [3.05, 3.63) is 29.8 Å². The summed E-state index contributed by atoms with van der Waals surface area (Å²) in [4.78, 5) is 30.5. The van der Waals surface area contributed by atoms with E-state index in [2.05, 4.69) is 12.1 Å². The van der Waals surface area contributed by atoms with Crippen LogP contribution in [-0.4, -0.2) is 70.7 Å². The zero-order valence-electron chi connectivity index (χ0n) is 23.0. The van der Waals surface area contributed by atoms with Crippen LogP contribution in [0.4, 0.5) is 9.59 Å². The van der Waals surface area contributed by atoms with Crippen LogP contribution in [0.5, 0.6) is 5.75 Å². The number of thioether (sulfide) groups is 1. The van der Waals surface area contributed by atoms with E-state index in [1.165, 1.54) is 5.56 Å². The average Bonchev–Trinajstić information content (AvgIpc) is 2.79. The zero-order chi connectivity index (χ0) is 26.5. The van der Waals surface area contributed by atoms with Crippen LogP contribution in [0.15, 0.2) is 24.3 Å². The summed E-state index contributed by atoms with van der Waals surface area (Å²) < 4.78 is 16.9. The molecule has 1 saturated heterocycles. The van der Waals surface area contributed by atoms with Crippen molar-refractivity contribution in [2.24, 2.45) is 0 Å². The molecule has 7 nitrogen and oxygen atoms in total. The van der Waals surface area contributed by atoms with Gasteiger partial charge in [-0.05, 0) is 84.3 Å². The normalized spacial score (nSPS) is 22.6. The highest BCUT2D eigenvalue weighted by Crippen LogP contribution is 2.36. The Morgan fingerprint density at radius 3 is 2.08 bits per heavy atom. The van der Waals surface area contributed by atoms with Crippen molar-refractivity contribution in [3.8, 4) is 5.75 Å². The van der Waals surface area contributed by atoms with Crippen molar-refractivity contribution in [2.75, 3.05) is 19.4 Å². The molecular weight excluding hydrogens is 476 g/mol. The number of ether oxygens (including phenoxy) is 3. The van der Waals surface area contributed by atoms with Gasteiger partial charge in [-0.15, -0.1) is 0 Å². The second-order valence-electron chi connectivity index (χ2n) is 11.8. The topological polar surface area (TPSA) is 68.3 Å². The molecule has 0 aromatic heterocycles. The standard InChI is InChI=1S/C28H44N2O5S/c1-27(2,3)34-25(31)29-18-21(16-17-36-19-20-12-14-22(33-7)15-13-20)30(26(32)35-28(4,5)6)24-11-9-8-10-23(24)29/h12-15,21,23-24H,8-11,16-19H2,1-7H3/t21-,23+,24+/m1/s1. The Labute approximate surface area is 221 Å². The van der Waals surface area contributed by atoms with Gasteiger partial charge in [-0.3, -0.25) is 4.90 Å². The highest BCUT2D eigenvalue weighted by molar-refractivity contribution is 7.98. The molecule has 0 N–H and O–H groups in total. The van der Waals surface area contributed by atoms with E-state index in [-0.39, 0.29) is 30.3 Å². The predicted octanol–water partition coefficient (Wildman–Crippen LogP) is 6.49. The van der Waals surface area contributed by atoms with Gasteiger partial charge >= 0.3 is 12.2 Å². The van der Waals surface area contributed by atoms with Crippen LogP contribution < -0.4 is 4.74 Å². The van der Waals surface area contributed by atoms with Gasteiger partial charge < -0.3 is 19.1 Å². The van der Waals surface area contributed by atoms with Crippen molar-refractivity contribution in [3.63, 3.8) is 0 Å². The van der Waals surface area contributed by atoms with Crippen molar-refractivity contribution < 1.29 is 23.8 Å². The summed E-state index contributed by atoms with van der Waals surface area (Å²) in [6.07, 6.45) is 4.07. The second kappa shape index (κ2) is 12.0. The third-order valence-electron chi connectivity index (χ3n) is 6.51. The summed E-state index contributed by atoms with van der Waals surface area (Å²) in [5.74, 6) is 2.60. The Morgan fingerprint density at radius 2 is 1.50 bits per heavy atom. The summed E-state index contributed by atoms with van der Waals surface area (Å²) in [5.41, 5.74) is 0.0981. The smallest absolute Gasteiger partial charge is 0.410 e. The number of piperazine rings is 1. The van der Waals surface area contributed by atoms with Gasteiger partial charge in [0, 0.05) is 12.3 Å². The van der Waals surface area contributed by atoms with Crippen molar-refractivity contribution in [1.29, 1.82) is 0 Å². The summed E-state index contributed by atoms with van der Waals surface area (Å²) in [5, 5.41) is 0. The first-order chi connectivity index (χ1) is 16.9. The first-order valence-corrected chi connectivity index (χ1v) is 14.2. The van der Waals surface area contributed by atoms with Crippen LogP contribution in [-0.2, 0) is 15.2 Å². The van der Waals surface area contributed by atoms with Crippen LogP contribution in [0.3, 0.4) is 0 Å². The van der Waals surface area contributed by atoms with Gasteiger partial charge in [0.2, 0.25) is 0 Å². The molecule has 0 spiro atoms. The van der Waals surface area contributed by atoms with Crippen molar-refractivity contribution in [2.45, 2.75) is 109 Å². The largest absolute Gasteiger partial charge is 0.497 e. The molecule has 0 unspecified atom stereocenters. The molecule has 202 valence electrons. The minimum Gasteiger partial charge on any atom is -0.497 e. The summed E-state index contributed by atoms with van der Waals surface area (Å²) in [6.45, 7) is 11.9. The maximum atomic E-state index is 13.4. The zero-order valence-corrected chi connectivity index (χ0v) is 23.9. The fraction of sp³-hybridized carbons (Fsp3) is 0.714. The van der Waals surface area contributed by atoms with Gasteiger partial charge in [0.15, 0.2) is 0 Å². The molecule has 2 amide bonds. The fourth-order valence-corrected chi connectivity index (χ4v) is 6.00. The van der Waals surface area contributed by atoms with E-state index >= 15 is 0 Å². The van der Waals surface area contributed by atoms with E-state index in [1.54, 1.807) is 7.11 Å². The maximum absolute atomic E-state index is 13.4. The molecular formula is C28H44N2O5S. The number of nitrogens with zero attached hydrogens (tertiary/aromatic N) is 2. The third-order valence-corrected chi connectivity index (χ3v) is 7.57. The molecule has 1 aliphatic carbocycles. The second-order valence-corrected chi connectivity index (χ2v) is 12.9. The maximum Gasteiger partial charge on any atom is 0.410 e. The van der Waals surface area contributed by atoms with Crippen LogP contribution in [0, 0.1) is 0 Å². The number of methoxy groups -OCH3 is 1. The first kappa shape index (κ1) is 28.5. The first-order valence-electron chi connectivity index (χ1n) is 13.1. The Hall–Kier alpha value is -2.09.